The van der Waals surface area contributed by atoms with E-state index in [4.69, 9.17) is 14.2 Å². The van der Waals surface area contributed by atoms with Gasteiger partial charge in [0.15, 0.2) is 17.6 Å². The van der Waals surface area contributed by atoms with Crippen LogP contribution in [-0.4, -0.2) is 25.2 Å². The minimum Gasteiger partial charge on any atom is -0.490 e. The maximum Gasteiger partial charge on any atom is 0.261 e. The SMILES string of the molecule is CCOc1ccc(CNC(=O)[C@H](C)Oc2ccc(Br)cc2)cc1OCC. The predicted molar refractivity (Wildman–Crippen MR) is 105 cm³/mol. The number of carbonyl (C=O) groups is 1. The number of nitrogens with one attached hydrogen (secondary N) is 1. The van der Waals surface area contributed by atoms with Crippen LogP contribution in [0.2, 0.25) is 0 Å². The van der Waals surface area contributed by atoms with Crippen LogP contribution in [0.4, 0.5) is 0 Å². The fraction of sp³-hybridized carbons (Fsp3) is 0.350. The topological polar surface area (TPSA) is 56.8 Å². The molecule has 0 spiro atoms. The van der Waals surface area contributed by atoms with Gasteiger partial charge >= 0.3 is 0 Å². The molecule has 0 fully saturated rings. The normalized spacial score (nSPS) is 11.5. The smallest absolute Gasteiger partial charge is 0.261 e. The van der Waals surface area contributed by atoms with Crippen molar-refractivity contribution < 1.29 is 19.0 Å². The number of ether oxygens (including phenoxy) is 3. The third kappa shape index (κ3) is 5.95. The molecule has 0 aliphatic carbocycles. The zero-order valence-corrected chi connectivity index (χ0v) is 16.8. The van der Waals surface area contributed by atoms with Crippen molar-refractivity contribution in [3.05, 3.63) is 52.5 Å². The third-order valence-corrected chi connectivity index (χ3v) is 4.10. The molecule has 0 saturated carbocycles. The average Bonchev–Trinajstić information content (AvgIpc) is 2.63. The van der Waals surface area contributed by atoms with E-state index in [9.17, 15) is 4.79 Å². The van der Waals surface area contributed by atoms with Crippen LogP contribution in [0.15, 0.2) is 46.9 Å². The monoisotopic (exact) mass is 421 g/mol. The van der Waals surface area contributed by atoms with E-state index in [1.807, 2.05) is 56.3 Å². The second kappa shape index (κ2) is 10.1. The van der Waals surface area contributed by atoms with E-state index in [2.05, 4.69) is 21.2 Å². The molecule has 0 aromatic heterocycles. The summed E-state index contributed by atoms with van der Waals surface area (Å²) in [6.45, 7) is 7.08. The lowest BCUT2D eigenvalue weighted by atomic mass is 10.2. The van der Waals surface area contributed by atoms with Crippen molar-refractivity contribution >= 4 is 21.8 Å². The fourth-order valence-electron chi connectivity index (χ4n) is 2.31. The Morgan fingerprint density at radius 3 is 2.35 bits per heavy atom. The molecule has 1 atom stereocenters. The molecule has 2 rings (SSSR count). The highest BCUT2D eigenvalue weighted by Crippen LogP contribution is 2.28. The number of benzene rings is 2. The van der Waals surface area contributed by atoms with E-state index in [-0.39, 0.29) is 5.91 Å². The number of hydrogen-bond donors (Lipinski definition) is 1. The molecule has 2 aromatic carbocycles. The zero-order chi connectivity index (χ0) is 18.9. The number of hydrogen-bond acceptors (Lipinski definition) is 4. The van der Waals surface area contributed by atoms with Gasteiger partial charge in [-0.05, 0) is 62.7 Å². The number of halogens is 1. The lowest BCUT2D eigenvalue weighted by molar-refractivity contribution is -0.127. The van der Waals surface area contributed by atoms with Crippen LogP contribution in [0.1, 0.15) is 26.3 Å². The molecular weight excluding hydrogens is 398 g/mol. The summed E-state index contributed by atoms with van der Waals surface area (Å²) in [4.78, 5) is 12.3. The van der Waals surface area contributed by atoms with Gasteiger partial charge in [-0.15, -0.1) is 0 Å². The minimum atomic E-state index is -0.592. The molecule has 1 N–H and O–H groups in total. The minimum absolute atomic E-state index is 0.181. The van der Waals surface area contributed by atoms with Gasteiger partial charge in [-0.2, -0.15) is 0 Å². The van der Waals surface area contributed by atoms with E-state index < -0.39 is 6.10 Å². The van der Waals surface area contributed by atoms with Crippen LogP contribution in [0.3, 0.4) is 0 Å². The molecule has 0 radical (unpaired) electrons. The van der Waals surface area contributed by atoms with Crippen molar-refractivity contribution in [1.82, 2.24) is 5.32 Å². The first-order valence-corrected chi connectivity index (χ1v) is 9.41. The summed E-state index contributed by atoms with van der Waals surface area (Å²) in [5.74, 6) is 1.85. The van der Waals surface area contributed by atoms with Crippen molar-refractivity contribution in [3.63, 3.8) is 0 Å². The quantitative estimate of drug-likeness (QED) is 0.654. The fourth-order valence-corrected chi connectivity index (χ4v) is 2.57. The van der Waals surface area contributed by atoms with Crippen LogP contribution >= 0.6 is 15.9 Å². The molecular formula is C20H24BrNO4. The molecule has 0 heterocycles. The highest BCUT2D eigenvalue weighted by Gasteiger charge is 2.15. The van der Waals surface area contributed by atoms with Crippen molar-refractivity contribution in [2.45, 2.75) is 33.4 Å². The van der Waals surface area contributed by atoms with Crippen LogP contribution in [0, 0.1) is 0 Å². The highest BCUT2D eigenvalue weighted by molar-refractivity contribution is 9.10. The number of carbonyl (C=O) groups excluding carboxylic acids is 1. The third-order valence-electron chi connectivity index (χ3n) is 3.57. The Bertz CT molecular complexity index is 718. The molecule has 2 aromatic rings. The maximum atomic E-state index is 12.3. The molecule has 0 aliphatic heterocycles. The Balaban J connectivity index is 1.93. The molecule has 140 valence electrons. The summed E-state index contributed by atoms with van der Waals surface area (Å²) in [6.07, 6.45) is -0.592. The molecule has 0 aliphatic rings. The van der Waals surface area contributed by atoms with Crippen molar-refractivity contribution in [3.8, 4) is 17.2 Å². The van der Waals surface area contributed by atoms with Crippen LogP contribution < -0.4 is 19.5 Å². The van der Waals surface area contributed by atoms with E-state index in [1.165, 1.54) is 0 Å². The van der Waals surface area contributed by atoms with Crippen LogP contribution in [-0.2, 0) is 11.3 Å². The lowest BCUT2D eigenvalue weighted by Crippen LogP contribution is -2.35. The zero-order valence-electron chi connectivity index (χ0n) is 15.3. The lowest BCUT2D eigenvalue weighted by Gasteiger charge is -2.16. The molecule has 5 nitrogen and oxygen atoms in total. The van der Waals surface area contributed by atoms with Gasteiger partial charge in [-0.3, -0.25) is 4.79 Å². The van der Waals surface area contributed by atoms with Crippen LogP contribution in [0.5, 0.6) is 17.2 Å². The van der Waals surface area contributed by atoms with E-state index in [0.29, 0.717) is 37.0 Å². The Morgan fingerprint density at radius 2 is 1.69 bits per heavy atom. The van der Waals surface area contributed by atoms with Gasteiger partial charge < -0.3 is 19.5 Å². The molecule has 0 saturated heterocycles. The van der Waals surface area contributed by atoms with Gasteiger partial charge in [0.25, 0.3) is 5.91 Å². The van der Waals surface area contributed by atoms with Gasteiger partial charge in [0.05, 0.1) is 13.2 Å². The first kappa shape index (κ1) is 20.1. The second-order valence-electron chi connectivity index (χ2n) is 5.58. The number of rotatable bonds is 9. The van der Waals surface area contributed by atoms with Gasteiger partial charge in [0.1, 0.15) is 5.75 Å². The van der Waals surface area contributed by atoms with E-state index in [1.54, 1.807) is 6.92 Å². The van der Waals surface area contributed by atoms with Crippen molar-refractivity contribution in [2.24, 2.45) is 0 Å². The van der Waals surface area contributed by atoms with Gasteiger partial charge in [0.2, 0.25) is 0 Å². The summed E-state index contributed by atoms with van der Waals surface area (Å²) < 4.78 is 17.8. The largest absolute Gasteiger partial charge is 0.490 e. The van der Waals surface area contributed by atoms with E-state index >= 15 is 0 Å². The van der Waals surface area contributed by atoms with E-state index in [0.717, 1.165) is 10.0 Å². The average molecular weight is 422 g/mol. The molecule has 1 amide bonds. The molecule has 6 heteroatoms. The predicted octanol–water partition coefficient (Wildman–Crippen LogP) is 4.33. The summed E-state index contributed by atoms with van der Waals surface area (Å²) in [5.41, 5.74) is 0.932. The molecule has 0 unspecified atom stereocenters. The second-order valence-corrected chi connectivity index (χ2v) is 6.49. The van der Waals surface area contributed by atoms with Gasteiger partial charge in [0, 0.05) is 11.0 Å². The highest BCUT2D eigenvalue weighted by atomic mass is 79.9. The first-order valence-electron chi connectivity index (χ1n) is 8.62. The number of amides is 1. The summed E-state index contributed by atoms with van der Waals surface area (Å²) >= 11 is 3.37. The Morgan fingerprint density at radius 1 is 1.04 bits per heavy atom. The maximum absolute atomic E-state index is 12.3. The Hall–Kier alpha value is -2.21. The first-order chi connectivity index (χ1) is 12.5. The van der Waals surface area contributed by atoms with Gasteiger partial charge in [-0.25, -0.2) is 0 Å². The summed E-state index contributed by atoms with van der Waals surface area (Å²) in [6, 6.07) is 13.0. The van der Waals surface area contributed by atoms with Crippen molar-refractivity contribution in [1.29, 1.82) is 0 Å². The standard InChI is InChI=1S/C20H24BrNO4/c1-4-24-18-11-6-15(12-19(18)25-5-2)13-22-20(23)14(3)26-17-9-7-16(21)8-10-17/h6-12,14H,4-5,13H2,1-3H3,(H,22,23)/t14-/m0/s1. The van der Waals surface area contributed by atoms with Crippen molar-refractivity contribution in [2.75, 3.05) is 13.2 Å². The van der Waals surface area contributed by atoms with Gasteiger partial charge in [-0.1, -0.05) is 22.0 Å². The Kier molecular flexibility index (Phi) is 7.78. The summed E-state index contributed by atoms with van der Waals surface area (Å²) in [7, 11) is 0. The summed E-state index contributed by atoms with van der Waals surface area (Å²) in [5, 5.41) is 2.88. The molecule has 0 bridgehead atoms. The Labute approximate surface area is 162 Å². The molecule has 26 heavy (non-hydrogen) atoms. The van der Waals surface area contributed by atoms with Crippen LogP contribution in [0.25, 0.3) is 0 Å².